The van der Waals surface area contributed by atoms with E-state index in [-0.39, 0.29) is 0 Å². The molecule has 0 radical (unpaired) electrons. The van der Waals surface area contributed by atoms with Crippen LogP contribution in [0.2, 0.25) is 5.28 Å². The molecule has 8 nitrogen and oxygen atoms in total. The largest absolute Gasteiger partial charge is 0.304 e. The molecule has 1 aromatic heterocycles. The zero-order valence-corrected chi connectivity index (χ0v) is 13.8. The molecule has 4 rings (SSSR count). The minimum atomic E-state index is 0.437. The number of hydrogen-bond donors (Lipinski definition) is 0. The molecular weight excluding hydrogens is 318 g/mol. The number of halogens is 1. The highest BCUT2D eigenvalue weighted by atomic mass is 35.5. The number of nitrogens with zero attached hydrogens (tertiary/aromatic N) is 7. The fourth-order valence-corrected chi connectivity index (χ4v) is 3.02. The lowest BCUT2D eigenvalue weighted by molar-refractivity contribution is -0.0952. The zero-order valence-electron chi connectivity index (χ0n) is 13.1. The fourth-order valence-electron chi connectivity index (χ4n) is 2.88. The van der Waals surface area contributed by atoms with Gasteiger partial charge >= 0.3 is 0 Å². The van der Waals surface area contributed by atoms with E-state index in [1.807, 2.05) is 17.8 Å². The summed E-state index contributed by atoms with van der Waals surface area (Å²) in [6.45, 7) is 2.62. The Morgan fingerprint density at radius 3 is 2.78 bits per heavy atom. The minimum Gasteiger partial charge on any atom is -0.304 e. The SMILES string of the molecule is CON1C=C2N=NC3=C(N2C1)N(c1cnc(Cl)n1C)C=C(C)C3. The summed E-state index contributed by atoms with van der Waals surface area (Å²) >= 11 is 6.11. The fraction of sp³-hybridized carbons (Fsp3) is 0.357. The van der Waals surface area contributed by atoms with E-state index in [4.69, 9.17) is 16.4 Å². The van der Waals surface area contributed by atoms with Gasteiger partial charge in [-0.3, -0.25) is 14.6 Å². The summed E-state index contributed by atoms with van der Waals surface area (Å²) < 4.78 is 1.83. The van der Waals surface area contributed by atoms with Crippen molar-refractivity contribution in [1.29, 1.82) is 0 Å². The van der Waals surface area contributed by atoms with E-state index >= 15 is 0 Å². The number of fused-ring (bicyclic) bond motifs is 2. The molecule has 0 N–H and O–H groups in total. The first-order valence-corrected chi connectivity index (χ1v) is 7.55. The molecule has 3 aliphatic heterocycles. The van der Waals surface area contributed by atoms with E-state index in [1.165, 1.54) is 5.57 Å². The van der Waals surface area contributed by atoms with Gasteiger partial charge in [-0.25, -0.2) is 10.0 Å². The van der Waals surface area contributed by atoms with Crippen molar-refractivity contribution in [3.05, 3.63) is 46.8 Å². The average Bonchev–Trinajstić information content (AvgIpc) is 3.10. The smallest absolute Gasteiger partial charge is 0.204 e. The number of azo groups is 1. The van der Waals surface area contributed by atoms with E-state index in [2.05, 4.69) is 38.1 Å². The Labute approximate surface area is 138 Å². The summed E-state index contributed by atoms with van der Waals surface area (Å²) in [5.41, 5.74) is 2.10. The monoisotopic (exact) mass is 333 g/mol. The Bertz CT molecular complexity index is 791. The van der Waals surface area contributed by atoms with Crippen LogP contribution in [0.25, 0.3) is 0 Å². The molecule has 3 aliphatic rings. The summed E-state index contributed by atoms with van der Waals surface area (Å²) in [4.78, 5) is 13.6. The lowest BCUT2D eigenvalue weighted by atomic mass is 10.1. The highest BCUT2D eigenvalue weighted by molar-refractivity contribution is 6.28. The highest BCUT2D eigenvalue weighted by Gasteiger charge is 2.36. The molecule has 23 heavy (non-hydrogen) atoms. The van der Waals surface area contributed by atoms with Crippen molar-refractivity contribution in [2.24, 2.45) is 17.3 Å². The van der Waals surface area contributed by atoms with Crippen molar-refractivity contribution in [3.8, 4) is 0 Å². The van der Waals surface area contributed by atoms with E-state index in [0.717, 1.165) is 29.6 Å². The Hall–Kier alpha value is -2.32. The second-order valence-corrected chi connectivity index (χ2v) is 5.93. The van der Waals surface area contributed by atoms with Gasteiger partial charge in [-0.15, -0.1) is 10.2 Å². The Morgan fingerprint density at radius 2 is 2.09 bits per heavy atom. The minimum absolute atomic E-state index is 0.437. The number of rotatable bonds is 2. The number of allylic oxidation sites excluding steroid dienone is 1. The molecule has 9 heteroatoms. The molecule has 0 unspecified atom stereocenters. The molecule has 0 saturated carbocycles. The van der Waals surface area contributed by atoms with E-state index in [1.54, 1.807) is 18.4 Å². The van der Waals surface area contributed by atoms with Gasteiger partial charge in [0.25, 0.3) is 0 Å². The molecule has 0 aromatic carbocycles. The molecule has 0 fully saturated rings. The molecule has 4 heterocycles. The average molecular weight is 334 g/mol. The van der Waals surface area contributed by atoms with E-state index < -0.39 is 0 Å². The molecule has 1 aromatic rings. The van der Waals surface area contributed by atoms with Crippen molar-refractivity contribution in [3.63, 3.8) is 0 Å². The van der Waals surface area contributed by atoms with Crippen LogP contribution < -0.4 is 4.90 Å². The van der Waals surface area contributed by atoms with Crippen LogP contribution in [-0.4, -0.2) is 33.3 Å². The van der Waals surface area contributed by atoms with Crippen LogP contribution in [-0.2, 0) is 11.9 Å². The number of imidazole rings is 1. The third-order valence-electron chi connectivity index (χ3n) is 4.02. The van der Waals surface area contributed by atoms with Gasteiger partial charge in [0.1, 0.15) is 24.0 Å². The molecule has 0 saturated heterocycles. The predicted molar refractivity (Wildman–Crippen MR) is 84.6 cm³/mol. The number of hydrogen-bond acceptors (Lipinski definition) is 7. The molecule has 0 atom stereocenters. The summed E-state index contributed by atoms with van der Waals surface area (Å²) in [6, 6.07) is 0. The van der Waals surface area contributed by atoms with Crippen LogP contribution in [0.4, 0.5) is 5.82 Å². The quantitative estimate of drug-likeness (QED) is 0.832. The zero-order chi connectivity index (χ0) is 16.1. The maximum absolute atomic E-state index is 6.11. The maximum atomic E-state index is 6.11. The van der Waals surface area contributed by atoms with E-state index in [0.29, 0.717) is 12.0 Å². The number of aromatic nitrogens is 2. The second kappa shape index (κ2) is 5.10. The molecule has 0 amide bonds. The van der Waals surface area contributed by atoms with Crippen LogP contribution in [0.1, 0.15) is 13.3 Å². The molecule has 0 bridgehead atoms. The van der Waals surface area contributed by atoms with Gasteiger partial charge in [0.2, 0.25) is 5.28 Å². The topological polar surface area (TPSA) is 61.5 Å². The predicted octanol–water partition coefficient (Wildman–Crippen LogP) is 2.76. The lowest BCUT2D eigenvalue weighted by Gasteiger charge is -2.36. The highest BCUT2D eigenvalue weighted by Crippen LogP contribution is 2.39. The third-order valence-corrected chi connectivity index (χ3v) is 4.37. The van der Waals surface area contributed by atoms with Crippen LogP contribution >= 0.6 is 11.6 Å². The molecular formula is C14H16ClN7O. The number of anilines is 1. The van der Waals surface area contributed by atoms with Crippen LogP contribution in [0, 0.1) is 0 Å². The second-order valence-electron chi connectivity index (χ2n) is 5.59. The first kappa shape index (κ1) is 14.3. The standard InChI is InChI=1S/C14H16ClN7O/c1-9-4-10-13(21(6-9)12-5-16-14(15)19(12)2)22-8-20(23-3)7-11(22)18-17-10/h5-7H,4,8H2,1-3H3. The van der Waals surface area contributed by atoms with Crippen molar-refractivity contribution in [1.82, 2.24) is 19.5 Å². The third kappa shape index (κ3) is 2.13. The van der Waals surface area contributed by atoms with Crippen LogP contribution in [0.5, 0.6) is 0 Å². The van der Waals surface area contributed by atoms with Gasteiger partial charge < -0.3 is 4.57 Å². The molecule has 0 spiro atoms. The maximum Gasteiger partial charge on any atom is 0.204 e. The summed E-state index contributed by atoms with van der Waals surface area (Å²) in [7, 11) is 3.51. The van der Waals surface area contributed by atoms with Crippen molar-refractivity contribution in [2.45, 2.75) is 13.3 Å². The molecule has 0 aliphatic carbocycles. The van der Waals surface area contributed by atoms with Gasteiger partial charge in [0.05, 0.1) is 19.5 Å². The Kier molecular flexibility index (Phi) is 3.17. The summed E-state index contributed by atoms with van der Waals surface area (Å²) in [5.74, 6) is 2.57. The Morgan fingerprint density at radius 1 is 1.26 bits per heavy atom. The first-order chi connectivity index (χ1) is 11.1. The summed E-state index contributed by atoms with van der Waals surface area (Å²) in [6.07, 6.45) is 6.42. The van der Waals surface area contributed by atoms with Crippen molar-refractivity contribution < 1.29 is 4.84 Å². The van der Waals surface area contributed by atoms with Gasteiger partial charge in [-0.05, 0) is 18.5 Å². The summed E-state index contributed by atoms with van der Waals surface area (Å²) in [5, 5.41) is 10.8. The first-order valence-electron chi connectivity index (χ1n) is 7.17. The van der Waals surface area contributed by atoms with Gasteiger partial charge in [0.15, 0.2) is 5.82 Å². The van der Waals surface area contributed by atoms with Gasteiger partial charge in [-0.1, -0.05) is 5.57 Å². The van der Waals surface area contributed by atoms with E-state index in [9.17, 15) is 0 Å². The van der Waals surface area contributed by atoms with Crippen molar-refractivity contribution >= 4 is 17.4 Å². The normalized spacial score (nSPS) is 19.9. The molecule has 120 valence electrons. The van der Waals surface area contributed by atoms with Crippen molar-refractivity contribution in [2.75, 3.05) is 18.7 Å². The lowest BCUT2D eigenvalue weighted by Crippen LogP contribution is -2.37. The Balaban J connectivity index is 1.81. The number of hydroxylamine groups is 2. The van der Waals surface area contributed by atoms with Crippen LogP contribution in [0.3, 0.4) is 0 Å². The van der Waals surface area contributed by atoms with Crippen LogP contribution in [0.15, 0.2) is 51.7 Å². The van der Waals surface area contributed by atoms with Gasteiger partial charge in [0, 0.05) is 19.7 Å². The van der Waals surface area contributed by atoms with Gasteiger partial charge in [-0.2, -0.15) is 0 Å².